The standard InChI is InChI=1S/C15H23N5O4/c1-2-7-22-9-11-10-23-15(24-11)3-5-19(6-4-15)13-8-12(16)20(21)14(17)18-13/h2,8,11,17,21H,1,3-7,9-10,16H2. The van der Waals surface area contributed by atoms with Crippen LogP contribution in [0.3, 0.4) is 0 Å². The van der Waals surface area contributed by atoms with Crippen molar-refractivity contribution in [2.75, 3.05) is 43.5 Å². The summed E-state index contributed by atoms with van der Waals surface area (Å²) in [5.74, 6) is 0.0827. The molecule has 9 nitrogen and oxygen atoms in total. The molecule has 0 bridgehead atoms. The molecule has 9 heteroatoms. The average molecular weight is 337 g/mol. The number of piperidine rings is 1. The summed E-state index contributed by atoms with van der Waals surface area (Å²) < 4.78 is 17.9. The smallest absolute Gasteiger partial charge is 0.259 e. The molecular formula is C15H23N5O4. The lowest BCUT2D eigenvalue weighted by molar-refractivity contribution is -0.184. The summed E-state index contributed by atoms with van der Waals surface area (Å²) in [6.07, 6.45) is 3.02. The zero-order valence-corrected chi connectivity index (χ0v) is 13.5. The summed E-state index contributed by atoms with van der Waals surface area (Å²) in [6, 6.07) is 1.55. The molecule has 2 aliphatic heterocycles. The minimum absolute atomic E-state index is 0.0600. The summed E-state index contributed by atoms with van der Waals surface area (Å²) >= 11 is 0. The van der Waals surface area contributed by atoms with E-state index in [9.17, 15) is 5.21 Å². The Hall–Kier alpha value is -2.10. The molecule has 1 atom stereocenters. The first kappa shape index (κ1) is 16.7. The van der Waals surface area contributed by atoms with Crippen LogP contribution in [-0.2, 0) is 14.2 Å². The molecule has 24 heavy (non-hydrogen) atoms. The van der Waals surface area contributed by atoms with Crippen molar-refractivity contribution in [1.29, 1.82) is 5.41 Å². The van der Waals surface area contributed by atoms with Crippen LogP contribution in [0.25, 0.3) is 0 Å². The van der Waals surface area contributed by atoms with Crippen LogP contribution in [0.15, 0.2) is 18.7 Å². The highest BCUT2D eigenvalue weighted by Gasteiger charge is 2.44. The molecule has 2 fully saturated rings. The fraction of sp³-hybridized carbons (Fsp3) is 0.600. The average Bonchev–Trinajstić information content (AvgIpc) is 2.96. The molecule has 0 saturated carbocycles. The number of aromatic nitrogens is 2. The topological polar surface area (TPSA) is 119 Å². The molecule has 1 spiro atoms. The van der Waals surface area contributed by atoms with E-state index in [0.29, 0.717) is 56.3 Å². The van der Waals surface area contributed by atoms with Gasteiger partial charge in [0.2, 0.25) is 0 Å². The van der Waals surface area contributed by atoms with Crippen molar-refractivity contribution in [2.45, 2.75) is 24.7 Å². The monoisotopic (exact) mass is 337 g/mol. The van der Waals surface area contributed by atoms with E-state index in [1.165, 1.54) is 0 Å². The van der Waals surface area contributed by atoms with Crippen LogP contribution in [0.2, 0.25) is 0 Å². The van der Waals surface area contributed by atoms with Crippen molar-refractivity contribution in [1.82, 2.24) is 9.71 Å². The lowest BCUT2D eigenvalue weighted by atomic mass is 10.0. The largest absolute Gasteiger partial charge is 0.423 e. The zero-order valence-electron chi connectivity index (χ0n) is 13.5. The number of nitrogen functional groups attached to an aromatic ring is 1. The number of hydrogen-bond donors (Lipinski definition) is 3. The fourth-order valence-corrected chi connectivity index (χ4v) is 2.99. The lowest BCUT2D eigenvalue weighted by Gasteiger charge is -2.38. The van der Waals surface area contributed by atoms with Gasteiger partial charge in [-0.1, -0.05) is 6.08 Å². The van der Waals surface area contributed by atoms with E-state index in [1.807, 2.05) is 4.90 Å². The Bertz CT molecular complexity index is 654. The van der Waals surface area contributed by atoms with E-state index in [4.69, 9.17) is 25.4 Å². The Morgan fingerprint density at radius 1 is 1.54 bits per heavy atom. The van der Waals surface area contributed by atoms with Gasteiger partial charge in [0.15, 0.2) is 5.79 Å². The van der Waals surface area contributed by atoms with Crippen molar-refractivity contribution in [3.8, 4) is 0 Å². The maximum absolute atomic E-state index is 9.48. The first-order chi connectivity index (χ1) is 11.5. The summed E-state index contributed by atoms with van der Waals surface area (Å²) in [6.45, 7) is 6.47. The SMILES string of the molecule is C=CCOCC1COC2(CCN(c3cc(N)n(O)c(=N)n3)CC2)O1. The Morgan fingerprint density at radius 3 is 2.96 bits per heavy atom. The second-order valence-electron chi connectivity index (χ2n) is 5.95. The van der Waals surface area contributed by atoms with Gasteiger partial charge in [0, 0.05) is 32.0 Å². The number of hydrogen-bond acceptors (Lipinski definition) is 8. The third-order valence-electron chi connectivity index (χ3n) is 4.25. The van der Waals surface area contributed by atoms with Gasteiger partial charge in [0.1, 0.15) is 17.7 Å². The molecule has 1 aromatic heterocycles. The van der Waals surface area contributed by atoms with Gasteiger partial charge in [-0.25, -0.2) is 0 Å². The highest BCUT2D eigenvalue weighted by atomic mass is 16.7. The number of anilines is 2. The second-order valence-corrected chi connectivity index (χ2v) is 5.95. The first-order valence-corrected chi connectivity index (χ1v) is 7.92. The van der Waals surface area contributed by atoms with E-state index in [1.54, 1.807) is 12.1 Å². The van der Waals surface area contributed by atoms with Crippen LogP contribution in [0.1, 0.15) is 12.8 Å². The zero-order chi connectivity index (χ0) is 17.2. The Kier molecular flexibility index (Phi) is 4.74. The summed E-state index contributed by atoms with van der Waals surface area (Å²) in [4.78, 5) is 6.06. The molecular weight excluding hydrogens is 314 g/mol. The van der Waals surface area contributed by atoms with E-state index in [0.717, 1.165) is 0 Å². The molecule has 3 rings (SSSR count). The molecule has 3 heterocycles. The van der Waals surface area contributed by atoms with Crippen LogP contribution in [0, 0.1) is 5.41 Å². The minimum atomic E-state index is -0.570. The van der Waals surface area contributed by atoms with Gasteiger partial charge in [-0.05, 0) is 0 Å². The molecule has 0 aromatic carbocycles. The van der Waals surface area contributed by atoms with Crippen LogP contribution < -0.4 is 16.3 Å². The van der Waals surface area contributed by atoms with Crippen molar-refractivity contribution < 1.29 is 19.4 Å². The number of ether oxygens (including phenoxy) is 3. The highest BCUT2D eigenvalue weighted by molar-refractivity contribution is 5.46. The molecule has 0 amide bonds. The molecule has 132 valence electrons. The first-order valence-electron chi connectivity index (χ1n) is 7.92. The Balaban J connectivity index is 1.58. The number of rotatable bonds is 5. The normalized spacial score (nSPS) is 22.8. The van der Waals surface area contributed by atoms with Crippen molar-refractivity contribution in [2.24, 2.45) is 0 Å². The Morgan fingerprint density at radius 2 is 2.29 bits per heavy atom. The lowest BCUT2D eigenvalue weighted by Crippen LogP contribution is -2.46. The van der Waals surface area contributed by atoms with E-state index >= 15 is 0 Å². The molecule has 4 N–H and O–H groups in total. The fourth-order valence-electron chi connectivity index (χ4n) is 2.99. The van der Waals surface area contributed by atoms with Crippen LogP contribution >= 0.6 is 0 Å². The van der Waals surface area contributed by atoms with Gasteiger partial charge in [-0.2, -0.15) is 4.98 Å². The van der Waals surface area contributed by atoms with Gasteiger partial charge < -0.3 is 30.1 Å². The van der Waals surface area contributed by atoms with Gasteiger partial charge in [-0.3, -0.25) is 5.41 Å². The maximum atomic E-state index is 9.48. The van der Waals surface area contributed by atoms with E-state index in [-0.39, 0.29) is 17.5 Å². The van der Waals surface area contributed by atoms with Gasteiger partial charge in [0.05, 0.1) is 19.8 Å². The third kappa shape index (κ3) is 3.37. The van der Waals surface area contributed by atoms with Crippen LogP contribution in [0.5, 0.6) is 0 Å². The molecule has 2 saturated heterocycles. The van der Waals surface area contributed by atoms with Crippen molar-refractivity contribution in [3.05, 3.63) is 24.3 Å². The van der Waals surface area contributed by atoms with Crippen LogP contribution in [-0.4, -0.2) is 59.7 Å². The van der Waals surface area contributed by atoms with Gasteiger partial charge in [0.25, 0.3) is 5.62 Å². The maximum Gasteiger partial charge on any atom is 0.259 e. The minimum Gasteiger partial charge on any atom is -0.423 e. The molecule has 1 aromatic rings. The van der Waals surface area contributed by atoms with Gasteiger partial charge >= 0.3 is 0 Å². The second kappa shape index (κ2) is 6.80. The number of nitrogens with two attached hydrogens (primary N) is 1. The van der Waals surface area contributed by atoms with Crippen LogP contribution in [0.4, 0.5) is 11.6 Å². The van der Waals surface area contributed by atoms with E-state index in [2.05, 4.69) is 11.6 Å². The molecule has 2 aliphatic rings. The predicted octanol–water partition coefficient (Wildman–Crippen LogP) is 0.0966. The Labute approximate surface area is 139 Å². The molecule has 0 radical (unpaired) electrons. The number of nitrogens with one attached hydrogen (secondary N) is 1. The quantitative estimate of drug-likeness (QED) is 0.396. The highest BCUT2D eigenvalue weighted by Crippen LogP contribution is 2.35. The summed E-state index contributed by atoms with van der Waals surface area (Å²) in [5.41, 5.74) is 5.38. The van der Waals surface area contributed by atoms with Crippen molar-refractivity contribution in [3.63, 3.8) is 0 Å². The molecule has 0 aliphatic carbocycles. The van der Waals surface area contributed by atoms with E-state index < -0.39 is 5.79 Å². The van der Waals surface area contributed by atoms with Crippen molar-refractivity contribution >= 4 is 11.6 Å². The summed E-state index contributed by atoms with van der Waals surface area (Å²) in [5, 5.41) is 17.1. The van der Waals surface area contributed by atoms with Gasteiger partial charge in [-0.15, -0.1) is 11.3 Å². The predicted molar refractivity (Wildman–Crippen MR) is 85.7 cm³/mol. The number of nitrogens with zero attached hydrogens (tertiary/aromatic N) is 3. The molecule has 1 unspecified atom stereocenters. The third-order valence-corrected chi connectivity index (χ3v) is 4.25. The summed E-state index contributed by atoms with van der Waals surface area (Å²) in [7, 11) is 0.